The van der Waals surface area contributed by atoms with Crippen molar-refractivity contribution in [2.75, 3.05) is 11.1 Å². The fraction of sp³-hybridized carbons (Fsp3) is 0.182. The molecule has 11 heteroatoms. The quantitative estimate of drug-likeness (QED) is 0.448. The molecule has 3 N–H and O–H groups in total. The van der Waals surface area contributed by atoms with Gasteiger partial charge in [0, 0.05) is 12.1 Å². The van der Waals surface area contributed by atoms with Crippen LogP contribution < -0.4 is 16.6 Å². The summed E-state index contributed by atoms with van der Waals surface area (Å²) in [5.41, 5.74) is 6.20. The van der Waals surface area contributed by atoms with Gasteiger partial charge in [-0.3, -0.25) is 14.2 Å². The van der Waals surface area contributed by atoms with Gasteiger partial charge in [-0.15, -0.1) is 0 Å². The van der Waals surface area contributed by atoms with Crippen molar-refractivity contribution in [1.29, 1.82) is 0 Å². The summed E-state index contributed by atoms with van der Waals surface area (Å²) >= 11 is 0. The van der Waals surface area contributed by atoms with Crippen LogP contribution in [0.3, 0.4) is 0 Å². The first-order chi connectivity index (χ1) is 15.7. The second-order valence-corrected chi connectivity index (χ2v) is 7.24. The van der Waals surface area contributed by atoms with Crippen LogP contribution in [0.25, 0.3) is 16.7 Å². The minimum atomic E-state index is -4.46. The Hall–Kier alpha value is -4.15. The van der Waals surface area contributed by atoms with E-state index in [4.69, 9.17) is 5.73 Å². The molecule has 0 radical (unpaired) electrons. The van der Waals surface area contributed by atoms with Crippen molar-refractivity contribution in [2.45, 2.75) is 26.1 Å². The Morgan fingerprint density at radius 3 is 2.45 bits per heavy atom. The number of fused-ring (bicyclic) bond motifs is 1. The van der Waals surface area contributed by atoms with Crippen LogP contribution in [0.15, 0.2) is 59.5 Å². The Bertz CT molecular complexity index is 1390. The average molecular weight is 456 g/mol. The van der Waals surface area contributed by atoms with E-state index in [1.165, 1.54) is 15.4 Å². The molecule has 4 aromatic rings. The number of hydrogen-bond donors (Lipinski definition) is 2. The van der Waals surface area contributed by atoms with Crippen molar-refractivity contribution in [3.8, 4) is 5.69 Å². The predicted molar refractivity (Wildman–Crippen MR) is 117 cm³/mol. The lowest BCUT2D eigenvalue weighted by atomic mass is 10.2. The highest BCUT2D eigenvalue weighted by Crippen LogP contribution is 2.29. The number of carbonyl (C=O) groups excluding carboxylic acids is 1. The van der Waals surface area contributed by atoms with Crippen molar-refractivity contribution < 1.29 is 18.0 Å². The third kappa shape index (κ3) is 4.29. The van der Waals surface area contributed by atoms with E-state index < -0.39 is 17.6 Å². The number of nitrogens with two attached hydrogens (primary N) is 1. The van der Waals surface area contributed by atoms with Crippen LogP contribution in [-0.2, 0) is 23.9 Å². The number of carbonyl (C=O) groups is 1. The summed E-state index contributed by atoms with van der Waals surface area (Å²) in [6.45, 7) is 1.55. The van der Waals surface area contributed by atoms with Gasteiger partial charge in [0.15, 0.2) is 5.65 Å². The molecule has 0 aliphatic rings. The number of hydrogen-bond acceptors (Lipinski definition) is 5. The Balaban J connectivity index is 1.63. The Morgan fingerprint density at radius 2 is 1.82 bits per heavy atom. The molecule has 0 saturated heterocycles. The predicted octanol–water partition coefficient (Wildman–Crippen LogP) is 3.38. The molecular formula is C22H19F3N6O2. The van der Waals surface area contributed by atoms with Gasteiger partial charge >= 0.3 is 6.18 Å². The number of alkyl halides is 3. The Kier molecular flexibility index (Phi) is 5.62. The fourth-order valence-corrected chi connectivity index (χ4v) is 3.43. The fourth-order valence-electron chi connectivity index (χ4n) is 3.43. The minimum Gasteiger partial charge on any atom is -0.397 e. The van der Waals surface area contributed by atoms with E-state index in [2.05, 4.69) is 15.4 Å². The van der Waals surface area contributed by atoms with Gasteiger partial charge in [0.05, 0.1) is 23.1 Å². The molecule has 0 spiro atoms. The second kappa shape index (κ2) is 8.41. The van der Waals surface area contributed by atoms with Gasteiger partial charge in [-0.2, -0.15) is 18.3 Å². The molecular weight excluding hydrogens is 437 g/mol. The van der Waals surface area contributed by atoms with E-state index in [0.717, 1.165) is 24.3 Å². The first-order valence-electron chi connectivity index (χ1n) is 9.98. The molecule has 4 rings (SSSR count). The molecule has 0 aliphatic carbocycles. The van der Waals surface area contributed by atoms with Gasteiger partial charge in [0.1, 0.15) is 17.8 Å². The minimum absolute atomic E-state index is 0.202. The number of nitrogens with zero attached hydrogens (tertiary/aromatic N) is 4. The highest BCUT2D eigenvalue weighted by Gasteiger charge is 2.30. The number of benzene rings is 2. The maximum atomic E-state index is 13.2. The van der Waals surface area contributed by atoms with Crippen LogP contribution in [-0.4, -0.2) is 25.2 Å². The molecule has 0 unspecified atom stereocenters. The summed E-state index contributed by atoms with van der Waals surface area (Å²) in [6.07, 6.45) is -2.72. The number of anilines is 2. The van der Waals surface area contributed by atoms with E-state index >= 15 is 0 Å². The Morgan fingerprint density at radius 1 is 1.12 bits per heavy atom. The van der Waals surface area contributed by atoms with Gasteiger partial charge in [-0.25, -0.2) is 9.67 Å². The highest BCUT2D eigenvalue weighted by atomic mass is 19.4. The average Bonchev–Trinajstić information content (AvgIpc) is 3.16. The van der Waals surface area contributed by atoms with Crippen molar-refractivity contribution >= 4 is 28.3 Å². The van der Waals surface area contributed by atoms with E-state index in [1.54, 1.807) is 24.3 Å². The summed E-state index contributed by atoms with van der Waals surface area (Å²) < 4.78 is 40.8. The van der Waals surface area contributed by atoms with Crippen LogP contribution >= 0.6 is 0 Å². The normalized spacial score (nSPS) is 11.6. The Labute approximate surface area is 185 Å². The molecule has 2 heterocycles. The third-order valence-electron chi connectivity index (χ3n) is 5.02. The highest BCUT2D eigenvalue weighted by molar-refractivity contribution is 5.91. The van der Waals surface area contributed by atoms with Gasteiger partial charge in [-0.1, -0.05) is 19.1 Å². The summed E-state index contributed by atoms with van der Waals surface area (Å²) in [4.78, 5) is 30.2. The molecule has 0 aliphatic heterocycles. The number of rotatable bonds is 5. The molecule has 170 valence electrons. The van der Waals surface area contributed by atoms with Crippen molar-refractivity contribution in [2.24, 2.45) is 0 Å². The van der Waals surface area contributed by atoms with Crippen molar-refractivity contribution in [1.82, 2.24) is 19.3 Å². The summed E-state index contributed by atoms with van der Waals surface area (Å²) in [6, 6.07) is 11.0. The van der Waals surface area contributed by atoms with Crippen LogP contribution in [0.1, 0.15) is 18.3 Å². The standard InChI is InChI=1S/C22H19F3N6O2/c1-2-18-29-20-15(21(33)31(18)17-6-4-3-5-16(17)26)11-27-30(20)12-19(32)28-14-9-7-13(8-10-14)22(23,24)25/h3-11H,2,12,26H2,1H3,(H,28,32). The molecule has 33 heavy (non-hydrogen) atoms. The van der Waals surface area contributed by atoms with E-state index in [1.807, 2.05) is 6.92 Å². The third-order valence-corrected chi connectivity index (χ3v) is 5.02. The maximum absolute atomic E-state index is 13.2. The SMILES string of the molecule is CCc1nc2c(cnn2CC(=O)Nc2ccc(C(F)(F)F)cc2)c(=O)n1-c1ccccc1N. The van der Waals surface area contributed by atoms with Crippen LogP contribution in [0, 0.1) is 0 Å². The van der Waals surface area contributed by atoms with Crippen LogP contribution in [0.2, 0.25) is 0 Å². The molecule has 2 aromatic heterocycles. The number of amides is 1. The van der Waals surface area contributed by atoms with Gasteiger partial charge in [-0.05, 0) is 36.4 Å². The zero-order chi connectivity index (χ0) is 23.8. The zero-order valence-corrected chi connectivity index (χ0v) is 17.4. The second-order valence-electron chi connectivity index (χ2n) is 7.24. The lowest BCUT2D eigenvalue weighted by Crippen LogP contribution is -2.25. The van der Waals surface area contributed by atoms with Crippen molar-refractivity contribution in [3.63, 3.8) is 0 Å². The number of halogens is 3. The first-order valence-corrected chi connectivity index (χ1v) is 9.98. The van der Waals surface area contributed by atoms with Gasteiger partial charge in [0.25, 0.3) is 5.56 Å². The molecule has 0 saturated carbocycles. The molecule has 0 bridgehead atoms. The number of nitrogens with one attached hydrogen (secondary N) is 1. The summed E-state index contributed by atoms with van der Waals surface area (Å²) in [7, 11) is 0. The molecule has 8 nitrogen and oxygen atoms in total. The van der Waals surface area contributed by atoms with Gasteiger partial charge in [0.2, 0.25) is 5.91 Å². The number of aryl methyl sites for hydroxylation is 1. The summed E-state index contributed by atoms with van der Waals surface area (Å²) in [5.74, 6) is -0.0913. The maximum Gasteiger partial charge on any atom is 0.416 e. The number of nitrogen functional groups attached to an aromatic ring is 1. The topological polar surface area (TPSA) is 108 Å². The van der Waals surface area contributed by atoms with E-state index in [9.17, 15) is 22.8 Å². The summed E-state index contributed by atoms with van der Waals surface area (Å²) in [5, 5.41) is 6.84. The monoisotopic (exact) mass is 456 g/mol. The zero-order valence-electron chi connectivity index (χ0n) is 17.4. The van der Waals surface area contributed by atoms with E-state index in [-0.39, 0.29) is 28.8 Å². The van der Waals surface area contributed by atoms with Gasteiger partial charge < -0.3 is 11.1 Å². The van der Waals surface area contributed by atoms with Crippen LogP contribution in [0.4, 0.5) is 24.5 Å². The number of aromatic nitrogens is 4. The largest absolute Gasteiger partial charge is 0.416 e. The lowest BCUT2D eigenvalue weighted by Gasteiger charge is -2.13. The molecule has 2 aromatic carbocycles. The molecule has 1 amide bonds. The molecule has 0 atom stereocenters. The smallest absolute Gasteiger partial charge is 0.397 e. The van der Waals surface area contributed by atoms with Crippen molar-refractivity contribution in [3.05, 3.63) is 76.5 Å². The molecule has 0 fully saturated rings. The first kappa shape index (κ1) is 22.1. The van der Waals surface area contributed by atoms with Crippen LogP contribution in [0.5, 0.6) is 0 Å². The lowest BCUT2D eigenvalue weighted by molar-refractivity contribution is -0.137. The number of para-hydroxylation sites is 2. The van der Waals surface area contributed by atoms with E-state index in [0.29, 0.717) is 23.6 Å².